The number of halogens is 1. The number of ether oxygens (including phenoxy) is 2. The predicted molar refractivity (Wildman–Crippen MR) is 87.9 cm³/mol. The number of hydrogen-bond acceptors (Lipinski definition) is 5. The summed E-state index contributed by atoms with van der Waals surface area (Å²) in [7, 11) is -3.05. The van der Waals surface area contributed by atoms with Gasteiger partial charge in [0.05, 0.1) is 16.8 Å². The van der Waals surface area contributed by atoms with E-state index in [1.807, 2.05) is 26.0 Å². The van der Waals surface area contributed by atoms with Crippen LogP contribution >= 0.6 is 15.9 Å². The molecule has 1 atom stereocenters. The third-order valence-electron chi connectivity index (χ3n) is 2.63. The van der Waals surface area contributed by atoms with Gasteiger partial charge in [-0.05, 0) is 53.9 Å². The van der Waals surface area contributed by atoms with Gasteiger partial charge in [-0.25, -0.2) is 8.42 Å². The van der Waals surface area contributed by atoms with Gasteiger partial charge < -0.3 is 15.2 Å². The number of benzene rings is 1. The van der Waals surface area contributed by atoms with Crippen molar-refractivity contribution in [1.82, 2.24) is 0 Å². The summed E-state index contributed by atoms with van der Waals surface area (Å²) in [6.07, 6.45) is 1.91. The molecule has 1 rings (SSSR count). The van der Waals surface area contributed by atoms with E-state index in [0.29, 0.717) is 18.1 Å². The van der Waals surface area contributed by atoms with Gasteiger partial charge in [-0.1, -0.05) is 0 Å². The minimum absolute atomic E-state index is 0.0351. The zero-order valence-electron chi connectivity index (χ0n) is 12.6. The summed E-state index contributed by atoms with van der Waals surface area (Å²) in [5.41, 5.74) is 6.85. The van der Waals surface area contributed by atoms with Crippen LogP contribution in [0.2, 0.25) is 0 Å². The molecular weight excluding hydrogens is 358 g/mol. The van der Waals surface area contributed by atoms with Crippen molar-refractivity contribution in [2.75, 3.05) is 25.2 Å². The van der Waals surface area contributed by atoms with Gasteiger partial charge in [0.15, 0.2) is 21.3 Å². The Morgan fingerprint density at radius 3 is 2.52 bits per heavy atom. The van der Waals surface area contributed by atoms with Crippen molar-refractivity contribution in [3.8, 4) is 11.5 Å². The van der Waals surface area contributed by atoms with E-state index in [4.69, 9.17) is 15.2 Å². The highest BCUT2D eigenvalue weighted by Gasteiger charge is 2.14. The highest BCUT2D eigenvalue weighted by molar-refractivity contribution is 9.10. The highest BCUT2D eigenvalue weighted by atomic mass is 79.9. The zero-order chi connectivity index (χ0) is 16.0. The lowest BCUT2D eigenvalue weighted by molar-refractivity contribution is 0.286. The van der Waals surface area contributed by atoms with Crippen LogP contribution in [0.15, 0.2) is 16.6 Å². The number of rotatable bonds is 8. The Bertz CT molecular complexity index is 573. The molecular formula is C14H22BrNO4S. The zero-order valence-corrected chi connectivity index (χ0v) is 15.0. The van der Waals surface area contributed by atoms with Gasteiger partial charge in [-0.2, -0.15) is 0 Å². The lowest BCUT2D eigenvalue weighted by Gasteiger charge is -2.16. The Morgan fingerprint density at radius 1 is 1.33 bits per heavy atom. The third-order valence-corrected chi connectivity index (χ3v) is 4.12. The van der Waals surface area contributed by atoms with Gasteiger partial charge in [0, 0.05) is 12.3 Å². The van der Waals surface area contributed by atoms with E-state index < -0.39 is 9.84 Å². The van der Waals surface area contributed by atoms with Crippen molar-refractivity contribution in [1.29, 1.82) is 0 Å². The molecule has 0 saturated heterocycles. The van der Waals surface area contributed by atoms with Crippen LogP contribution in [0.25, 0.3) is 0 Å². The van der Waals surface area contributed by atoms with Crippen LogP contribution in [-0.2, 0) is 16.3 Å². The fourth-order valence-corrected chi connectivity index (χ4v) is 2.80. The van der Waals surface area contributed by atoms with Crippen molar-refractivity contribution in [3.05, 3.63) is 22.2 Å². The number of sulfone groups is 1. The molecule has 0 amide bonds. The predicted octanol–water partition coefficient (Wildman–Crippen LogP) is 2.16. The van der Waals surface area contributed by atoms with Crippen molar-refractivity contribution >= 4 is 25.8 Å². The van der Waals surface area contributed by atoms with Crippen molar-refractivity contribution < 1.29 is 17.9 Å². The molecule has 0 saturated carbocycles. The fraction of sp³-hybridized carbons (Fsp3) is 0.571. The van der Waals surface area contributed by atoms with Crippen LogP contribution < -0.4 is 15.2 Å². The van der Waals surface area contributed by atoms with E-state index >= 15 is 0 Å². The lowest BCUT2D eigenvalue weighted by Crippen LogP contribution is -2.18. The Hall–Kier alpha value is -0.790. The second-order valence-electron chi connectivity index (χ2n) is 5.00. The molecule has 0 aliphatic carbocycles. The molecule has 0 aliphatic heterocycles. The van der Waals surface area contributed by atoms with Crippen LogP contribution in [0.5, 0.6) is 11.5 Å². The Balaban J connectivity index is 2.95. The molecule has 0 radical (unpaired) electrons. The highest BCUT2D eigenvalue weighted by Crippen LogP contribution is 2.37. The molecule has 0 aromatic heterocycles. The van der Waals surface area contributed by atoms with Gasteiger partial charge in [0.1, 0.15) is 6.61 Å². The van der Waals surface area contributed by atoms with Crippen LogP contribution in [0.4, 0.5) is 0 Å². The molecule has 2 N–H and O–H groups in total. The van der Waals surface area contributed by atoms with Crippen molar-refractivity contribution in [2.24, 2.45) is 5.73 Å². The maximum atomic E-state index is 11.2. The summed E-state index contributed by atoms with van der Waals surface area (Å²) < 4.78 is 34.2. The first-order chi connectivity index (χ1) is 9.73. The molecule has 0 aliphatic rings. The fourth-order valence-electron chi connectivity index (χ4n) is 1.81. The summed E-state index contributed by atoms with van der Waals surface area (Å²) in [4.78, 5) is 0. The first-order valence-electron chi connectivity index (χ1n) is 6.74. The lowest BCUT2D eigenvalue weighted by atomic mass is 10.1. The summed E-state index contributed by atoms with van der Waals surface area (Å²) in [6, 6.07) is 3.85. The van der Waals surface area contributed by atoms with Crippen LogP contribution in [0.1, 0.15) is 19.4 Å². The van der Waals surface area contributed by atoms with E-state index in [9.17, 15) is 8.42 Å². The smallest absolute Gasteiger partial charge is 0.175 e. The summed E-state index contributed by atoms with van der Waals surface area (Å²) in [5.74, 6) is 1.08. The largest absolute Gasteiger partial charge is 0.490 e. The molecule has 0 bridgehead atoms. The van der Waals surface area contributed by atoms with E-state index in [2.05, 4.69) is 15.9 Å². The molecule has 21 heavy (non-hydrogen) atoms. The third kappa shape index (κ3) is 6.67. The topological polar surface area (TPSA) is 78.6 Å². The van der Waals surface area contributed by atoms with Crippen LogP contribution in [0.3, 0.4) is 0 Å². The molecule has 0 fully saturated rings. The van der Waals surface area contributed by atoms with Gasteiger partial charge in [-0.3, -0.25) is 0 Å². The first-order valence-corrected chi connectivity index (χ1v) is 9.59. The second kappa shape index (κ2) is 8.00. The van der Waals surface area contributed by atoms with Gasteiger partial charge in [0.2, 0.25) is 0 Å². The van der Waals surface area contributed by atoms with Gasteiger partial charge in [-0.15, -0.1) is 0 Å². The monoisotopic (exact) mass is 379 g/mol. The minimum Gasteiger partial charge on any atom is -0.490 e. The SMILES string of the molecule is CCOc1cc(CC(C)N)cc(Br)c1OCCS(C)(=O)=O. The van der Waals surface area contributed by atoms with Gasteiger partial charge in [0.25, 0.3) is 0 Å². The number of nitrogens with two attached hydrogens (primary N) is 1. The van der Waals surface area contributed by atoms with Crippen LogP contribution in [0, 0.1) is 0 Å². The summed E-state index contributed by atoms with van der Waals surface area (Å²) in [6.45, 7) is 4.40. The molecule has 1 unspecified atom stereocenters. The van der Waals surface area contributed by atoms with Gasteiger partial charge >= 0.3 is 0 Å². The second-order valence-corrected chi connectivity index (χ2v) is 8.11. The average Bonchev–Trinajstić information content (AvgIpc) is 2.30. The number of hydrogen-bond donors (Lipinski definition) is 1. The van der Waals surface area contributed by atoms with E-state index in [1.165, 1.54) is 6.26 Å². The Kier molecular flexibility index (Phi) is 6.96. The van der Waals surface area contributed by atoms with Crippen LogP contribution in [-0.4, -0.2) is 39.7 Å². The average molecular weight is 380 g/mol. The molecule has 1 aromatic rings. The molecule has 0 heterocycles. The Morgan fingerprint density at radius 2 is 2.00 bits per heavy atom. The molecule has 7 heteroatoms. The summed E-state index contributed by atoms with van der Waals surface area (Å²) >= 11 is 3.44. The van der Waals surface area contributed by atoms with Crippen molar-refractivity contribution in [2.45, 2.75) is 26.3 Å². The van der Waals surface area contributed by atoms with E-state index in [1.54, 1.807) is 0 Å². The minimum atomic E-state index is -3.05. The maximum Gasteiger partial charge on any atom is 0.175 e. The maximum absolute atomic E-state index is 11.2. The summed E-state index contributed by atoms with van der Waals surface area (Å²) in [5, 5.41) is 0. The standard InChI is InChI=1S/C14H22BrNO4S/c1-4-19-13-9-11(7-10(2)16)8-12(15)14(13)20-5-6-21(3,17)18/h8-10H,4-7,16H2,1-3H3. The molecule has 120 valence electrons. The van der Waals surface area contributed by atoms with E-state index in [-0.39, 0.29) is 18.4 Å². The normalized spacial score (nSPS) is 13.0. The first kappa shape index (κ1) is 18.3. The van der Waals surface area contributed by atoms with Crippen molar-refractivity contribution in [3.63, 3.8) is 0 Å². The van der Waals surface area contributed by atoms with E-state index in [0.717, 1.165) is 16.5 Å². The molecule has 0 spiro atoms. The quantitative estimate of drug-likeness (QED) is 0.748. The Labute approximate surface area is 134 Å². The molecule has 1 aromatic carbocycles. The molecule has 5 nitrogen and oxygen atoms in total.